The summed E-state index contributed by atoms with van der Waals surface area (Å²) in [6.45, 7) is 2.23. The first-order valence-corrected chi connectivity index (χ1v) is 11.6. The summed E-state index contributed by atoms with van der Waals surface area (Å²) in [6, 6.07) is 11.2. The van der Waals surface area contributed by atoms with Crippen molar-refractivity contribution in [2.75, 3.05) is 13.2 Å². The molecule has 3 atom stereocenters. The van der Waals surface area contributed by atoms with Crippen molar-refractivity contribution in [3.63, 3.8) is 0 Å². The molecule has 0 saturated carbocycles. The van der Waals surface area contributed by atoms with E-state index in [4.69, 9.17) is 9.47 Å². The van der Waals surface area contributed by atoms with E-state index in [1.807, 2.05) is 37.3 Å². The van der Waals surface area contributed by atoms with Gasteiger partial charge in [0.2, 0.25) is 0 Å². The number of benzene rings is 2. The van der Waals surface area contributed by atoms with Crippen molar-refractivity contribution >= 4 is 0 Å². The maximum atomic E-state index is 13.2. The van der Waals surface area contributed by atoms with Crippen LogP contribution in [0.5, 0.6) is 0 Å². The molecule has 194 valence electrons. The minimum Gasteiger partial charge on any atom is -0.352 e. The second kappa shape index (κ2) is 10.6. The van der Waals surface area contributed by atoms with Gasteiger partial charge >= 0.3 is 12.4 Å². The van der Waals surface area contributed by atoms with Gasteiger partial charge < -0.3 is 14.5 Å². The third-order valence-corrected chi connectivity index (χ3v) is 6.29. The summed E-state index contributed by atoms with van der Waals surface area (Å²) in [4.78, 5) is 7.63. The zero-order chi connectivity index (χ0) is 25.9. The van der Waals surface area contributed by atoms with Gasteiger partial charge in [-0.3, -0.25) is 0 Å². The standard InChI is InChI=1S/C26H26F6N2O2/c1-16-15-33-22(34-16)13-19-8-10-36-24(23(19)18-5-3-2-4-6-18)35-9-7-17-11-20(25(27,28)29)14-21(12-17)26(30,31)32/h2-6,11-12,14-15,19,23-24H,7-10,13H2,1H3,(H,33,34)/t19-,23-,24?/m0/s1. The largest absolute Gasteiger partial charge is 0.416 e. The van der Waals surface area contributed by atoms with Crippen molar-refractivity contribution < 1.29 is 35.8 Å². The van der Waals surface area contributed by atoms with E-state index >= 15 is 0 Å². The summed E-state index contributed by atoms with van der Waals surface area (Å²) in [7, 11) is 0. The molecule has 0 spiro atoms. The van der Waals surface area contributed by atoms with Crippen LogP contribution in [0.1, 0.15) is 46.1 Å². The smallest absolute Gasteiger partial charge is 0.352 e. The van der Waals surface area contributed by atoms with E-state index in [0.717, 1.165) is 35.6 Å². The fraction of sp³-hybridized carbons (Fsp3) is 0.423. The van der Waals surface area contributed by atoms with Gasteiger partial charge in [0.15, 0.2) is 6.29 Å². The second-order valence-electron chi connectivity index (χ2n) is 8.98. The number of aryl methyl sites for hydroxylation is 1. The molecular weight excluding hydrogens is 486 g/mol. The Labute approximate surface area is 204 Å². The Hall–Kier alpha value is -2.85. The van der Waals surface area contributed by atoms with Crippen LogP contribution in [0.3, 0.4) is 0 Å². The number of H-pyrrole nitrogens is 1. The topological polar surface area (TPSA) is 47.1 Å². The molecule has 1 fully saturated rings. The van der Waals surface area contributed by atoms with Crippen LogP contribution < -0.4 is 0 Å². The zero-order valence-corrected chi connectivity index (χ0v) is 19.5. The van der Waals surface area contributed by atoms with Crippen LogP contribution in [-0.2, 0) is 34.7 Å². The Bertz CT molecular complexity index is 1110. The third-order valence-electron chi connectivity index (χ3n) is 6.29. The Morgan fingerprint density at radius 2 is 1.67 bits per heavy atom. The number of halogens is 6. The van der Waals surface area contributed by atoms with Gasteiger partial charge in [-0.05, 0) is 55.0 Å². The highest BCUT2D eigenvalue weighted by molar-refractivity contribution is 5.33. The molecule has 0 aliphatic carbocycles. The summed E-state index contributed by atoms with van der Waals surface area (Å²) < 4.78 is 91.0. The van der Waals surface area contributed by atoms with E-state index in [2.05, 4.69) is 9.97 Å². The van der Waals surface area contributed by atoms with E-state index in [1.54, 1.807) is 6.20 Å². The fourth-order valence-corrected chi connectivity index (χ4v) is 4.60. The Morgan fingerprint density at radius 1 is 1.00 bits per heavy atom. The molecule has 4 rings (SSSR count). The number of aromatic amines is 1. The van der Waals surface area contributed by atoms with Crippen molar-refractivity contribution in [1.29, 1.82) is 0 Å². The van der Waals surface area contributed by atoms with E-state index in [1.165, 1.54) is 0 Å². The van der Waals surface area contributed by atoms with E-state index in [-0.39, 0.29) is 36.5 Å². The minimum atomic E-state index is -4.89. The molecule has 36 heavy (non-hydrogen) atoms. The SMILES string of the molecule is Cc1cnc(C[C@@H]2CCOC(OCCc3cc(C(F)(F)F)cc(C(F)(F)F)c3)[C@H]2c2ccccc2)[nH]1. The molecule has 0 amide bonds. The van der Waals surface area contributed by atoms with Crippen molar-refractivity contribution in [2.24, 2.45) is 5.92 Å². The molecule has 10 heteroatoms. The quantitative estimate of drug-likeness (QED) is 0.358. The number of imidazole rings is 1. The molecule has 1 aliphatic heterocycles. The number of hydrogen-bond donors (Lipinski definition) is 1. The predicted octanol–water partition coefficient (Wildman–Crippen LogP) is 6.70. The Kier molecular flexibility index (Phi) is 7.75. The molecule has 1 unspecified atom stereocenters. The summed E-state index contributed by atoms with van der Waals surface area (Å²) in [5.74, 6) is 0.766. The molecule has 0 radical (unpaired) electrons. The van der Waals surface area contributed by atoms with Crippen LogP contribution in [0.2, 0.25) is 0 Å². The number of hydrogen-bond acceptors (Lipinski definition) is 3. The van der Waals surface area contributed by atoms with Gasteiger partial charge in [0.05, 0.1) is 24.3 Å². The number of rotatable bonds is 7. The molecule has 2 heterocycles. The molecule has 3 aromatic rings. The first-order chi connectivity index (χ1) is 17.0. The molecule has 0 bridgehead atoms. The van der Waals surface area contributed by atoms with Crippen LogP contribution in [0.25, 0.3) is 0 Å². The highest BCUT2D eigenvalue weighted by Gasteiger charge is 2.38. The molecule has 1 saturated heterocycles. The number of nitrogens with one attached hydrogen (secondary N) is 1. The summed E-state index contributed by atoms with van der Waals surface area (Å²) in [5, 5.41) is 0. The maximum absolute atomic E-state index is 13.2. The molecule has 1 aromatic heterocycles. The number of aromatic nitrogens is 2. The van der Waals surface area contributed by atoms with Gasteiger partial charge in [-0.25, -0.2) is 4.98 Å². The van der Waals surface area contributed by atoms with Gasteiger partial charge in [0, 0.05) is 24.2 Å². The minimum absolute atomic E-state index is 0.0980. The van der Waals surface area contributed by atoms with Crippen LogP contribution in [0.4, 0.5) is 26.3 Å². The van der Waals surface area contributed by atoms with Crippen LogP contribution in [-0.4, -0.2) is 29.5 Å². The molecule has 1 N–H and O–H groups in total. The van der Waals surface area contributed by atoms with E-state index in [9.17, 15) is 26.3 Å². The average Bonchev–Trinajstić information content (AvgIpc) is 3.23. The molecular formula is C26H26F6N2O2. The Balaban J connectivity index is 1.51. The predicted molar refractivity (Wildman–Crippen MR) is 120 cm³/mol. The number of ether oxygens (including phenoxy) is 2. The van der Waals surface area contributed by atoms with Gasteiger partial charge in [-0.1, -0.05) is 30.3 Å². The zero-order valence-electron chi connectivity index (χ0n) is 19.5. The van der Waals surface area contributed by atoms with E-state index in [0.29, 0.717) is 13.0 Å². The summed E-state index contributed by atoms with van der Waals surface area (Å²) >= 11 is 0. The van der Waals surface area contributed by atoms with E-state index < -0.39 is 29.8 Å². The lowest BCUT2D eigenvalue weighted by Crippen LogP contribution is -2.38. The normalized spacial score (nSPS) is 21.0. The van der Waals surface area contributed by atoms with Gasteiger partial charge in [-0.15, -0.1) is 0 Å². The summed E-state index contributed by atoms with van der Waals surface area (Å²) in [5.41, 5.74) is -0.851. The lowest BCUT2D eigenvalue weighted by molar-refractivity contribution is -0.187. The summed E-state index contributed by atoms with van der Waals surface area (Å²) in [6.07, 6.45) is -7.45. The molecule has 4 nitrogen and oxygen atoms in total. The van der Waals surface area contributed by atoms with Crippen molar-refractivity contribution in [1.82, 2.24) is 9.97 Å². The Morgan fingerprint density at radius 3 is 2.25 bits per heavy atom. The van der Waals surface area contributed by atoms with Gasteiger partial charge in [0.25, 0.3) is 0 Å². The molecule has 2 aromatic carbocycles. The third kappa shape index (κ3) is 6.47. The van der Waals surface area contributed by atoms with Crippen LogP contribution in [0.15, 0.2) is 54.7 Å². The van der Waals surface area contributed by atoms with Crippen LogP contribution >= 0.6 is 0 Å². The fourth-order valence-electron chi connectivity index (χ4n) is 4.60. The lowest BCUT2D eigenvalue weighted by atomic mass is 9.79. The average molecular weight is 512 g/mol. The first-order valence-electron chi connectivity index (χ1n) is 11.6. The first kappa shape index (κ1) is 26.2. The van der Waals surface area contributed by atoms with Crippen molar-refractivity contribution in [2.45, 2.75) is 50.7 Å². The second-order valence-corrected chi connectivity index (χ2v) is 8.98. The molecule has 1 aliphatic rings. The van der Waals surface area contributed by atoms with Crippen molar-refractivity contribution in [3.8, 4) is 0 Å². The highest BCUT2D eigenvalue weighted by Crippen LogP contribution is 2.39. The maximum Gasteiger partial charge on any atom is 0.416 e. The monoisotopic (exact) mass is 512 g/mol. The number of alkyl halides is 6. The lowest BCUT2D eigenvalue weighted by Gasteiger charge is -2.38. The van der Waals surface area contributed by atoms with Crippen molar-refractivity contribution in [3.05, 3.63) is 88.5 Å². The van der Waals surface area contributed by atoms with Gasteiger partial charge in [-0.2, -0.15) is 26.3 Å². The van der Waals surface area contributed by atoms with Crippen LogP contribution in [0, 0.1) is 12.8 Å². The number of nitrogens with zero attached hydrogens (tertiary/aromatic N) is 1. The van der Waals surface area contributed by atoms with Gasteiger partial charge in [0.1, 0.15) is 5.82 Å². The highest BCUT2D eigenvalue weighted by atomic mass is 19.4.